The molecule has 1 aromatic heterocycles. The molecule has 1 heterocycles. The first-order valence-corrected chi connectivity index (χ1v) is 7.86. The van der Waals surface area contributed by atoms with E-state index in [1.165, 1.54) is 17.8 Å². The van der Waals surface area contributed by atoms with E-state index < -0.39 is 0 Å². The first kappa shape index (κ1) is 13.4. The van der Waals surface area contributed by atoms with Crippen LogP contribution >= 0.6 is 11.3 Å². The van der Waals surface area contributed by atoms with Crippen LogP contribution in [0.25, 0.3) is 10.1 Å². The summed E-state index contributed by atoms with van der Waals surface area (Å²) in [4.78, 5) is 13.1. The largest absolute Gasteiger partial charge is 0.397 e. The predicted molar refractivity (Wildman–Crippen MR) is 85.1 cm³/mol. The van der Waals surface area contributed by atoms with Crippen LogP contribution in [0.2, 0.25) is 0 Å². The second-order valence-corrected chi connectivity index (χ2v) is 7.47. The Kier molecular flexibility index (Phi) is 3.21. The van der Waals surface area contributed by atoms with Crippen LogP contribution in [0.4, 0.5) is 5.69 Å². The highest BCUT2D eigenvalue weighted by molar-refractivity contribution is 7.21. The summed E-state index contributed by atoms with van der Waals surface area (Å²) in [6.45, 7) is 4.51. The van der Waals surface area contributed by atoms with Crippen molar-refractivity contribution in [2.45, 2.75) is 39.2 Å². The Balaban J connectivity index is 1.81. The van der Waals surface area contributed by atoms with Crippen molar-refractivity contribution in [1.29, 1.82) is 0 Å². The zero-order valence-electron chi connectivity index (χ0n) is 11.9. The first-order valence-electron chi connectivity index (χ1n) is 7.04. The molecule has 1 unspecified atom stereocenters. The predicted octanol–water partition coefficient (Wildman–Crippen LogP) is 3.79. The van der Waals surface area contributed by atoms with Gasteiger partial charge in [-0.05, 0) is 30.7 Å². The number of fused-ring (bicyclic) bond motifs is 1. The smallest absolute Gasteiger partial charge is 0.263 e. The zero-order valence-corrected chi connectivity index (χ0v) is 12.7. The summed E-state index contributed by atoms with van der Waals surface area (Å²) in [6, 6.07) is 8.18. The van der Waals surface area contributed by atoms with Crippen LogP contribution in [0.3, 0.4) is 0 Å². The summed E-state index contributed by atoms with van der Waals surface area (Å²) >= 11 is 1.48. The van der Waals surface area contributed by atoms with Crippen molar-refractivity contribution in [3.8, 4) is 0 Å². The number of nitrogens with one attached hydrogen (secondary N) is 1. The normalized spacial score (nSPS) is 21.2. The molecule has 0 saturated heterocycles. The highest BCUT2D eigenvalue weighted by Crippen LogP contribution is 2.38. The van der Waals surface area contributed by atoms with E-state index in [1.54, 1.807) is 0 Å². The van der Waals surface area contributed by atoms with Gasteiger partial charge in [0, 0.05) is 16.1 Å². The van der Waals surface area contributed by atoms with Crippen molar-refractivity contribution in [3.63, 3.8) is 0 Å². The lowest BCUT2D eigenvalue weighted by Crippen LogP contribution is -2.33. The van der Waals surface area contributed by atoms with E-state index in [9.17, 15) is 4.79 Å². The monoisotopic (exact) mass is 288 g/mol. The lowest BCUT2D eigenvalue weighted by molar-refractivity contribution is 0.0941. The Morgan fingerprint density at radius 1 is 1.40 bits per heavy atom. The van der Waals surface area contributed by atoms with E-state index in [1.807, 2.05) is 24.3 Å². The van der Waals surface area contributed by atoms with Gasteiger partial charge >= 0.3 is 0 Å². The maximum Gasteiger partial charge on any atom is 0.263 e. The number of thiophene rings is 1. The fourth-order valence-electron chi connectivity index (χ4n) is 3.04. The molecule has 2 aromatic rings. The molecule has 20 heavy (non-hydrogen) atoms. The molecule has 4 heteroatoms. The lowest BCUT2D eigenvalue weighted by atomic mass is 9.92. The third-order valence-electron chi connectivity index (χ3n) is 4.14. The summed E-state index contributed by atoms with van der Waals surface area (Å²) < 4.78 is 1.07. The third-order valence-corrected chi connectivity index (χ3v) is 5.33. The number of nitrogens with two attached hydrogens (primary N) is 1. The van der Waals surface area contributed by atoms with E-state index in [4.69, 9.17) is 5.73 Å². The number of hydrogen-bond donors (Lipinski definition) is 2. The van der Waals surface area contributed by atoms with E-state index in [0.29, 0.717) is 16.0 Å². The molecule has 0 bridgehead atoms. The second kappa shape index (κ2) is 4.77. The van der Waals surface area contributed by atoms with Gasteiger partial charge in [-0.15, -0.1) is 11.3 Å². The average molecular weight is 288 g/mol. The van der Waals surface area contributed by atoms with Gasteiger partial charge in [-0.25, -0.2) is 0 Å². The minimum Gasteiger partial charge on any atom is -0.397 e. The SMILES string of the molecule is CC1(C)CCC(NC(=O)c2sc3ccccc3c2N)C1. The van der Waals surface area contributed by atoms with Gasteiger partial charge in [0.05, 0.1) is 5.69 Å². The molecule has 3 rings (SSSR count). The highest BCUT2D eigenvalue weighted by Gasteiger charge is 2.32. The second-order valence-electron chi connectivity index (χ2n) is 6.42. The van der Waals surface area contributed by atoms with Gasteiger partial charge in [0.15, 0.2) is 0 Å². The van der Waals surface area contributed by atoms with Crippen LogP contribution in [-0.4, -0.2) is 11.9 Å². The number of amides is 1. The van der Waals surface area contributed by atoms with E-state index in [0.717, 1.165) is 22.9 Å². The van der Waals surface area contributed by atoms with Gasteiger partial charge in [-0.3, -0.25) is 4.79 Å². The quantitative estimate of drug-likeness (QED) is 0.883. The molecule has 1 fully saturated rings. The number of rotatable bonds is 2. The van der Waals surface area contributed by atoms with Crippen LogP contribution in [0.15, 0.2) is 24.3 Å². The summed E-state index contributed by atoms with van der Waals surface area (Å²) in [6.07, 6.45) is 3.27. The van der Waals surface area contributed by atoms with Crippen molar-refractivity contribution < 1.29 is 4.79 Å². The number of carbonyl (C=O) groups is 1. The number of hydrogen-bond acceptors (Lipinski definition) is 3. The fourth-order valence-corrected chi connectivity index (χ4v) is 4.07. The molecule has 1 saturated carbocycles. The van der Waals surface area contributed by atoms with E-state index in [2.05, 4.69) is 19.2 Å². The molecule has 3 nitrogen and oxygen atoms in total. The standard InChI is InChI=1S/C16H20N2OS/c1-16(2)8-7-10(9-16)18-15(19)14-13(17)11-5-3-4-6-12(11)20-14/h3-6,10H,7-9,17H2,1-2H3,(H,18,19). The molecule has 3 N–H and O–H groups in total. The van der Waals surface area contributed by atoms with Gasteiger partial charge < -0.3 is 11.1 Å². The Morgan fingerprint density at radius 2 is 2.15 bits per heavy atom. The molecule has 1 aliphatic rings. The van der Waals surface area contributed by atoms with Crippen molar-refractivity contribution in [1.82, 2.24) is 5.32 Å². The highest BCUT2D eigenvalue weighted by atomic mass is 32.1. The van der Waals surface area contributed by atoms with E-state index in [-0.39, 0.29) is 11.9 Å². The Labute approximate surface area is 123 Å². The Morgan fingerprint density at radius 3 is 2.80 bits per heavy atom. The number of anilines is 1. The van der Waals surface area contributed by atoms with Crippen LogP contribution < -0.4 is 11.1 Å². The first-order chi connectivity index (χ1) is 9.46. The number of benzene rings is 1. The number of nitrogen functional groups attached to an aromatic ring is 1. The van der Waals surface area contributed by atoms with Gasteiger partial charge in [0.2, 0.25) is 0 Å². The van der Waals surface area contributed by atoms with Crippen LogP contribution in [0.5, 0.6) is 0 Å². The maximum atomic E-state index is 12.4. The lowest BCUT2D eigenvalue weighted by Gasteiger charge is -2.17. The molecule has 0 aliphatic heterocycles. The number of carbonyl (C=O) groups excluding carboxylic acids is 1. The van der Waals surface area contributed by atoms with Crippen molar-refractivity contribution >= 4 is 33.0 Å². The topological polar surface area (TPSA) is 55.1 Å². The van der Waals surface area contributed by atoms with Crippen LogP contribution in [0.1, 0.15) is 42.8 Å². The molecule has 1 amide bonds. The molecular formula is C16H20N2OS. The maximum absolute atomic E-state index is 12.4. The summed E-state index contributed by atoms with van der Waals surface area (Å²) in [5.74, 6) is -0.0219. The molecule has 1 atom stereocenters. The zero-order chi connectivity index (χ0) is 14.3. The molecule has 0 spiro atoms. The van der Waals surface area contributed by atoms with Crippen molar-refractivity contribution in [2.75, 3.05) is 5.73 Å². The van der Waals surface area contributed by atoms with Gasteiger partial charge in [0.1, 0.15) is 4.88 Å². The van der Waals surface area contributed by atoms with Crippen molar-refractivity contribution in [3.05, 3.63) is 29.1 Å². The van der Waals surface area contributed by atoms with Crippen LogP contribution in [0, 0.1) is 5.41 Å². The minimum atomic E-state index is -0.0219. The summed E-state index contributed by atoms with van der Waals surface area (Å²) in [5.41, 5.74) is 7.07. The fraction of sp³-hybridized carbons (Fsp3) is 0.438. The van der Waals surface area contributed by atoms with Gasteiger partial charge in [-0.2, -0.15) is 0 Å². The van der Waals surface area contributed by atoms with Gasteiger partial charge in [-0.1, -0.05) is 32.0 Å². The van der Waals surface area contributed by atoms with Crippen LogP contribution in [-0.2, 0) is 0 Å². The molecule has 106 valence electrons. The Hall–Kier alpha value is -1.55. The summed E-state index contributed by atoms with van der Waals surface area (Å²) in [5, 5.41) is 4.12. The third kappa shape index (κ3) is 2.40. The molecule has 1 aliphatic carbocycles. The summed E-state index contributed by atoms with van der Waals surface area (Å²) in [7, 11) is 0. The van der Waals surface area contributed by atoms with E-state index >= 15 is 0 Å². The molecular weight excluding hydrogens is 268 g/mol. The van der Waals surface area contributed by atoms with Crippen molar-refractivity contribution in [2.24, 2.45) is 5.41 Å². The minimum absolute atomic E-state index is 0.0219. The molecule has 1 aromatic carbocycles. The Bertz CT molecular complexity index is 660. The van der Waals surface area contributed by atoms with Gasteiger partial charge in [0.25, 0.3) is 5.91 Å². The molecule has 0 radical (unpaired) electrons. The average Bonchev–Trinajstić information content (AvgIpc) is 2.91.